The van der Waals surface area contributed by atoms with Gasteiger partial charge < -0.3 is 15.4 Å². The minimum Gasteiger partial charge on any atom is -0.481 e. The summed E-state index contributed by atoms with van der Waals surface area (Å²) in [7, 11) is 1.62. The van der Waals surface area contributed by atoms with Crippen LogP contribution in [-0.2, 0) is 4.79 Å². The topological polar surface area (TPSA) is 63.2 Å². The molecule has 3 rings (SSSR count). The molecular weight excluding hydrogens is 290 g/mol. The first-order chi connectivity index (χ1) is 10.1. The van der Waals surface area contributed by atoms with Crippen molar-refractivity contribution in [1.82, 2.24) is 15.6 Å². The molecule has 3 atom stereocenters. The van der Waals surface area contributed by atoms with E-state index in [9.17, 15) is 4.79 Å². The van der Waals surface area contributed by atoms with Gasteiger partial charge >= 0.3 is 0 Å². The second-order valence-corrected chi connectivity index (χ2v) is 6.25. The molecular formula is C15H20ClN3O2. The number of halogens is 1. The molecule has 1 aliphatic heterocycles. The molecule has 1 aliphatic carbocycles. The van der Waals surface area contributed by atoms with Crippen molar-refractivity contribution in [3.8, 4) is 5.88 Å². The van der Waals surface area contributed by atoms with E-state index in [1.807, 2.05) is 6.07 Å². The molecule has 0 spiro atoms. The number of ether oxygens (including phenoxy) is 1. The molecule has 0 bridgehead atoms. The van der Waals surface area contributed by atoms with E-state index in [0.717, 1.165) is 24.9 Å². The van der Waals surface area contributed by atoms with Crippen molar-refractivity contribution in [2.24, 2.45) is 0 Å². The smallest absolute Gasteiger partial charge is 0.220 e. The molecule has 114 valence electrons. The quantitative estimate of drug-likeness (QED) is 0.837. The molecule has 1 saturated heterocycles. The van der Waals surface area contributed by atoms with Gasteiger partial charge in [0.2, 0.25) is 11.8 Å². The summed E-state index contributed by atoms with van der Waals surface area (Å²) in [6, 6.07) is 2.36. The van der Waals surface area contributed by atoms with Gasteiger partial charge in [-0.05, 0) is 30.4 Å². The Morgan fingerprint density at radius 3 is 3.05 bits per heavy atom. The average Bonchev–Trinajstić information content (AvgIpc) is 3.00. The highest BCUT2D eigenvalue weighted by Crippen LogP contribution is 2.44. The van der Waals surface area contributed by atoms with Crippen molar-refractivity contribution in [3.05, 3.63) is 22.3 Å². The zero-order valence-electron chi connectivity index (χ0n) is 12.3. The number of nitrogens with zero attached hydrogens (tertiary/aromatic N) is 1. The van der Waals surface area contributed by atoms with Crippen LogP contribution in [0.25, 0.3) is 0 Å². The number of hydrogen-bond donors (Lipinski definition) is 2. The summed E-state index contributed by atoms with van der Waals surface area (Å²) in [5.74, 6) is 1.17. The lowest BCUT2D eigenvalue weighted by atomic mass is 10.1. The largest absolute Gasteiger partial charge is 0.481 e. The van der Waals surface area contributed by atoms with Crippen LogP contribution in [0.15, 0.2) is 6.07 Å². The summed E-state index contributed by atoms with van der Waals surface area (Å²) in [6.07, 6.45) is 2.52. The van der Waals surface area contributed by atoms with Gasteiger partial charge in [-0.1, -0.05) is 18.5 Å². The third-order valence-electron chi connectivity index (χ3n) is 4.38. The molecule has 6 heteroatoms. The van der Waals surface area contributed by atoms with Gasteiger partial charge in [0, 0.05) is 30.6 Å². The molecule has 1 aromatic rings. The van der Waals surface area contributed by atoms with Crippen LogP contribution in [0.4, 0.5) is 0 Å². The fourth-order valence-corrected chi connectivity index (χ4v) is 3.53. The standard InChI is InChI=1S/C15H20ClN3O2/c1-8-5-11(17-7-9-3-4-13(20)18-9)14-10(8)6-12(16)19-15(14)21-2/h6,8-9,11,17H,3-5,7H2,1-2H3,(H,18,20)/t8?,9-,11?/m0/s1. The minimum atomic E-state index is 0.146. The molecule has 2 N–H and O–H groups in total. The zero-order chi connectivity index (χ0) is 15.0. The van der Waals surface area contributed by atoms with Crippen molar-refractivity contribution in [1.29, 1.82) is 0 Å². The number of fused-ring (bicyclic) bond motifs is 1. The van der Waals surface area contributed by atoms with Gasteiger partial charge in [0.25, 0.3) is 0 Å². The molecule has 2 unspecified atom stereocenters. The maximum Gasteiger partial charge on any atom is 0.220 e. The normalized spacial score (nSPS) is 27.6. The summed E-state index contributed by atoms with van der Waals surface area (Å²) in [5, 5.41) is 7.00. The van der Waals surface area contributed by atoms with Gasteiger partial charge in [0.05, 0.1) is 7.11 Å². The number of carbonyl (C=O) groups excluding carboxylic acids is 1. The Balaban J connectivity index is 1.76. The molecule has 2 aliphatic rings. The van der Waals surface area contributed by atoms with E-state index in [4.69, 9.17) is 16.3 Å². The first-order valence-electron chi connectivity index (χ1n) is 7.35. The molecule has 0 saturated carbocycles. The lowest BCUT2D eigenvalue weighted by Crippen LogP contribution is -2.37. The number of aromatic nitrogens is 1. The van der Waals surface area contributed by atoms with Gasteiger partial charge in [-0.2, -0.15) is 0 Å². The first kappa shape index (κ1) is 14.6. The fourth-order valence-electron chi connectivity index (χ4n) is 3.33. The number of methoxy groups -OCH3 is 1. The predicted molar refractivity (Wildman–Crippen MR) is 80.7 cm³/mol. The van der Waals surface area contributed by atoms with Crippen LogP contribution in [0.2, 0.25) is 5.15 Å². The molecule has 5 nitrogen and oxygen atoms in total. The number of carbonyl (C=O) groups is 1. The molecule has 1 fully saturated rings. The lowest BCUT2D eigenvalue weighted by molar-refractivity contribution is -0.119. The summed E-state index contributed by atoms with van der Waals surface area (Å²) in [4.78, 5) is 15.5. The van der Waals surface area contributed by atoms with E-state index in [0.29, 0.717) is 23.4 Å². The van der Waals surface area contributed by atoms with Crippen LogP contribution in [0.1, 0.15) is 49.3 Å². The van der Waals surface area contributed by atoms with Gasteiger partial charge in [-0.3, -0.25) is 4.79 Å². The van der Waals surface area contributed by atoms with Crippen molar-refractivity contribution >= 4 is 17.5 Å². The highest BCUT2D eigenvalue weighted by atomic mass is 35.5. The second kappa shape index (κ2) is 5.81. The first-order valence-corrected chi connectivity index (χ1v) is 7.73. The fraction of sp³-hybridized carbons (Fsp3) is 0.600. The third-order valence-corrected chi connectivity index (χ3v) is 4.58. The van der Waals surface area contributed by atoms with E-state index in [2.05, 4.69) is 22.5 Å². The maximum absolute atomic E-state index is 11.3. The highest BCUT2D eigenvalue weighted by Gasteiger charge is 2.33. The zero-order valence-corrected chi connectivity index (χ0v) is 13.0. The highest BCUT2D eigenvalue weighted by molar-refractivity contribution is 6.29. The monoisotopic (exact) mass is 309 g/mol. The maximum atomic E-state index is 11.3. The van der Waals surface area contributed by atoms with Gasteiger partial charge in [-0.25, -0.2) is 4.98 Å². The lowest BCUT2D eigenvalue weighted by Gasteiger charge is -2.19. The van der Waals surface area contributed by atoms with E-state index in [1.165, 1.54) is 5.56 Å². The molecule has 1 aromatic heterocycles. The molecule has 21 heavy (non-hydrogen) atoms. The Labute approximate surface area is 129 Å². The Bertz CT molecular complexity index is 564. The Morgan fingerprint density at radius 2 is 2.38 bits per heavy atom. The average molecular weight is 310 g/mol. The van der Waals surface area contributed by atoms with Gasteiger partial charge in [0.1, 0.15) is 5.15 Å². The van der Waals surface area contributed by atoms with E-state index in [1.54, 1.807) is 7.11 Å². The van der Waals surface area contributed by atoms with Gasteiger partial charge in [0.15, 0.2) is 0 Å². The molecule has 0 radical (unpaired) electrons. The van der Waals surface area contributed by atoms with Crippen molar-refractivity contribution in [3.63, 3.8) is 0 Å². The van der Waals surface area contributed by atoms with Crippen molar-refractivity contribution < 1.29 is 9.53 Å². The Morgan fingerprint density at radius 1 is 1.57 bits per heavy atom. The SMILES string of the molecule is COc1nc(Cl)cc2c1C(NC[C@@H]1CCC(=O)N1)CC2C. The number of nitrogens with one attached hydrogen (secondary N) is 2. The van der Waals surface area contributed by atoms with E-state index >= 15 is 0 Å². The predicted octanol–water partition coefficient (Wildman–Crippen LogP) is 2.16. The summed E-state index contributed by atoms with van der Waals surface area (Å²) in [6.45, 7) is 2.96. The van der Waals surface area contributed by atoms with Crippen LogP contribution < -0.4 is 15.4 Å². The number of rotatable bonds is 4. The minimum absolute atomic E-state index is 0.146. The summed E-state index contributed by atoms with van der Waals surface area (Å²) >= 11 is 6.06. The number of hydrogen-bond acceptors (Lipinski definition) is 4. The molecule has 1 amide bonds. The van der Waals surface area contributed by atoms with Crippen molar-refractivity contribution in [2.45, 2.75) is 44.2 Å². The van der Waals surface area contributed by atoms with E-state index in [-0.39, 0.29) is 18.0 Å². The van der Waals surface area contributed by atoms with Crippen molar-refractivity contribution in [2.75, 3.05) is 13.7 Å². The van der Waals surface area contributed by atoms with Crippen LogP contribution in [0.5, 0.6) is 5.88 Å². The van der Waals surface area contributed by atoms with Crippen LogP contribution in [0, 0.1) is 0 Å². The van der Waals surface area contributed by atoms with Gasteiger partial charge in [-0.15, -0.1) is 0 Å². The Kier molecular flexibility index (Phi) is 4.04. The summed E-state index contributed by atoms with van der Waals surface area (Å²) < 4.78 is 5.40. The molecule has 2 heterocycles. The summed E-state index contributed by atoms with van der Waals surface area (Å²) in [5.41, 5.74) is 2.32. The second-order valence-electron chi connectivity index (χ2n) is 5.86. The van der Waals surface area contributed by atoms with Crippen LogP contribution in [-0.4, -0.2) is 30.6 Å². The Hall–Kier alpha value is -1.33. The number of amides is 1. The third kappa shape index (κ3) is 2.85. The van der Waals surface area contributed by atoms with Crippen LogP contribution in [0.3, 0.4) is 0 Å². The van der Waals surface area contributed by atoms with E-state index < -0.39 is 0 Å². The van der Waals surface area contributed by atoms with Crippen LogP contribution >= 0.6 is 11.6 Å². The number of pyridine rings is 1. The molecule has 0 aromatic carbocycles.